The highest BCUT2D eigenvalue weighted by Gasteiger charge is 3.05. The number of carbonyl (C=O) groups is 1. The largest absolute Gasteiger partial charge is 0.299 e. The van der Waals surface area contributed by atoms with Gasteiger partial charge in [0.15, 0.2) is 0 Å². The van der Waals surface area contributed by atoms with Gasteiger partial charge in [-0.2, -0.15) is 0 Å². The Bertz CT molecular complexity index is 317. The summed E-state index contributed by atoms with van der Waals surface area (Å²) in [5, 5.41) is 0. The molecule has 6 aliphatic rings. The summed E-state index contributed by atoms with van der Waals surface area (Å²) in [6, 6.07) is 0. The van der Waals surface area contributed by atoms with E-state index in [4.69, 9.17) is 0 Å². The average Bonchev–Trinajstić information content (AvgIpc) is 2.17. The monoisotopic (exact) mass is 174 g/mol. The minimum absolute atomic E-state index is 0.296. The molecule has 6 fully saturated rings. The Balaban J connectivity index is 1.62. The first-order chi connectivity index (χ1) is 6.22. The summed E-state index contributed by atoms with van der Waals surface area (Å²) >= 11 is 0. The summed E-state index contributed by atoms with van der Waals surface area (Å²) in [5.41, 5.74) is 0.308. The maximum Gasteiger partial charge on any atom is 0.142 e. The summed E-state index contributed by atoms with van der Waals surface area (Å²) < 4.78 is 0. The summed E-state index contributed by atoms with van der Waals surface area (Å²) in [6.45, 7) is 4.17. The van der Waals surface area contributed by atoms with Crippen LogP contribution in [0.5, 0.6) is 0 Å². The molecule has 0 saturated heterocycles. The van der Waals surface area contributed by atoms with Crippen LogP contribution >= 0.6 is 0 Å². The molecule has 13 heavy (non-hydrogen) atoms. The van der Waals surface area contributed by atoms with Crippen LogP contribution in [0.15, 0.2) is 0 Å². The van der Waals surface area contributed by atoms with Crippen molar-refractivity contribution in [2.24, 2.45) is 52.8 Å². The predicted molar refractivity (Wildman–Crippen MR) is 46.7 cm³/mol. The van der Waals surface area contributed by atoms with Crippen LogP contribution in [-0.2, 0) is 4.79 Å². The molecule has 6 rings (SSSR count). The van der Waals surface area contributed by atoms with Crippen molar-refractivity contribution in [2.75, 3.05) is 0 Å². The molecule has 1 heteroatoms. The maximum absolute atomic E-state index is 12.1. The van der Waals surface area contributed by atoms with E-state index in [1.165, 1.54) is 0 Å². The molecule has 0 atom stereocenters. The molecule has 0 aromatic heterocycles. The molecule has 0 heterocycles. The Kier molecular flexibility index (Phi) is 0.595. The lowest BCUT2D eigenvalue weighted by Gasteiger charge is -3.07. The Morgan fingerprint density at radius 1 is 1.00 bits per heavy atom. The normalized spacial score (nSPS) is 77.0. The fourth-order valence-electron chi connectivity index (χ4n) is 6.42. The predicted octanol–water partition coefficient (Wildman–Crippen LogP) is 1.58. The van der Waals surface area contributed by atoms with E-state index in [0.29, 0.717) is 17.1 Å². The Labute approximate surface area is 77.9 Å². The molecule has 0 aliphatic heterocycles. The zero-order valence-corrected chi connectivity index (χ0v) is 8.03. The van der Waals surface area contributed by atoms with E-state index in [-0.39, 0.29) is 0 Å². The topological polar surface area (TPSA) is 17.1 Å². The van der Waals surface area contributed by atoms with E-state index in [1.807, 2.05) is 0 Å². The molecule has 0 unspecified atom stereocenters. The first-order valence-corrected chi connectivity index (χ1v) is 5.76. The summed E-state index contributed by atoms with van der Waals surface area (Å²) in [7, 11) is 0. The van der Waals surface area contributed by atoms with Gasteiger partial charge in [0.25, 0.3) is 0 Å². The van der Waals surface area contributed by atoms with Gasteiger partial charge in [-0.25, -0.2) is 0 Å². The first-order valence-electron chi connectivity index (χ1n) is 5.76. The quantitative estimate of drug-likeness (QED) is 0.621. The molecule has 68 valence electrons. The molecule has 0 aromatic rings. The molecule has 6 aliphatic carbocycles. The Morgan fingerprint density at radius 3 is 1.85 bits per heavy atom. The number of carbonyl (C=O) groups excluding carboxylic acids is 1. The highest BCUT2D eigenvalue weighted by Crippen LogP contribution is 3.06. The number of ketones is 1. The van der Waals surface area contributed by atoms with Gasteiger partial charge in [0.05, 0.1) is 0 Å². The molecular formula is C12H14O. The van der Waals surface area contributed by atoms with Crippen molar-refractivity contribution < 1.29 is 4.79 Å². The lowest BCUT2D eigenvalue weighted by molar-refractivity contribution is -0.596. The maximum atomic E-state index is 12.1. The van der Waals surface area contributed by atoms with Crippen LogP contribution in [0.2, 0.25) is 0 Å². The minimum atomic E-state index is 0.296. The van der Waals surface area contributed by atoms with Gasteiger partial charge in [-0.15, -0.1) is 0 Å². The molecule has 0 radical (unpaired) electrons. The first kappa shape index (κ1) is 6.21. The smallest absolute Gasteiger partial charge is 0.142 e. The van der Waals surface area contributed by atoms with Gasteiger partial charge in [-0.3, -0.25) is 4.79 Å². The summed E-state index contributed by atoms with van der Waals surface area (Å²) in [6.07, 6.45) is 0. The molecule has 1 nitrogen and oxygen atoms in total. The third-order valence-corrected chi connectivity index (χ3v) is 6.43. The standard InChI is InChI=1S/C12H14O/c1-3(2)11(13)12-8-5-4-6(8)10(12)7(4)9(5)12/h3-10H,1-2H3. The van der Waals surface area contributed by atoms with Gasteiger partial charge in [0.1, 0.15) is 5.78 Å². The summed E-state index contributed by atoms with van der Waals surface area (Å²) in [5.74, 6) is 7.97. The second kappa shape index (κ2) is 1.24. The fraction of sp³-hybridized carbons (Fsp3) is 0.917. The van der Waals surface area contributed by atoms with Crippen LogP contribution in [0.3, 0.4) is 0 Å². The van der Waals surface area contributed by atoms with Gasteiger partial charge >= 0.3 is 0 Å². The molecule has 0 amide bonds. The van der Waals surface area contributed by atoms with Crippen molar-refractivity contribution in [3.8, 4) is 0 Å². The van der Waals surface area contributed by atoms with E-state index < -0.39 is 0 Å². The SMILES string of the molecule is CC(C)C(=O)C12C3C4C5C3C1C5C42. The van der Waals surface area contributed by atoms with Crippen LogP contribution in [0.1, 0.15) is 13.8 Å². The van der Waals surface area contributed by atoms with Crippen molar-refractivity contribution in [3.05, 3.63) is 0 Å². The van der Waals surface area contributed by atoms with Gasteiger partial charge in [0.2, 0.25) is 0 Å². The van der Waals surface area contributed by atoms with Crippen molar-refractivity contribution in [1.29, 1.82) is 0 Å². The molecular weight excluding hydrogens is 160 g/mol. The molecule has 0 N–H and O–H groups in total. The zero-order valence-electron chi connectivity index (χ0n) is 8.03. The number of hydrogen-bond donors (Lipinski definition) is 0. The third-order valence-electron chi connectivity index (χ3n) is 6.43. The highest BCUT2D eigenvalue weighted by atomic mass is 16.1. The number of Topliss-reactive ketones (excluding diaryl/α,β-unsaturated/α-hetero) is 1. The van der Waals surface area contributed by atoms with Crippen LogP contribution < -0.4 is 0 Å². The number of hydrogen-bond acceptors (Lipinski definition) is 1. The average molecular weight is 174 g/mol. The lowest BCUT2D eigenvalue weighted by atomic mass is 8.96. The van der Waals surface area contributed by atoms with E-state index >= 15 is 0 Å². The fourth-order valence-corrected chi connectivity index (χ4v) is 6.42. The summed E-state index contributed by atoms with van der Waals surface area (Å²) in [4.78, 5) is 12.1. The number of rotatable bonds is 2. The minimum Gasteiger partial charge on any atom is -0.299 e. The van der Waals surface area contributed by atoms with Crippen LogP contribution in [0.25, 0.3) is 0 Å². The van der Waals surface area contributed by atoms with Gasteiger partial charge < -0.3 is 0 Å². The van der Waals surface area contributed by atoms with Gasteiger partial charge in [-0.05, 0) is 41.4 Å². The van der Waals surface area contributed by atoms with Gasteiger partial charge in [0, 0.05) is 11.3 Å². The van der Waals surface area contributed by atoms with Crippen molar-refractivity contribution in [1.82, 2.24) is 0 Å². The van der Waals surface area contributed by atoms with Crippen molar-refractivity contribution in [2.45, 2.75) is 13.8 Å². The van der Waals surface area contributed by atoms with E-state index in [9.17, 15) is 4.79 Å². The van der Waals surface area contributed by atoms with Crippen molar-refractivity contribution >= 4 is 5.78 Å². The van der Waals surface area contributed by atoms with Gasteiger partial charge in [-0.1, -0.05) is 13.8 Å². The Morgan fingerprint density at radius 2 is 1.46 bits per heavy atom. The molecule has 0 bridgehead atoms. The van der Waals surface area contributed by atoms with E-state index in [2.05, 4.69) is 13.8 Å². The van der Waals surface area contributed by atoms with Crippen LogP contribution in [-0.4, -0.2) is 5.78 Å². The second-order valence-corrected chi connectivity index (χ2v) is 6.34. The van der Waals surface area contributed by atoms with E-state index in [0.717, 1.165) is 41.4 Å². The van der Waals surface area contributed by atoms with Crippen LogP contribution in [0, 0.1) is 52.8 Å². The second-order valence-electron chi connectivity index (χ2n) is 6.34. The zero-order chi connectivity index (χ0) is 8.70. The molecule has 6 saturated carbocycles. The van der Waals surface area contributed by atoms with Crippen molar-refractivity contribution in [3.63, 3.8) is 0 Å². The Hall–Kier alpha value is -0.330. The van der Waals surface area contributed by atoms with E-state index in [1.54, 1.807) is 0 Å². The van der Waals surface area contributed by atoms with Crippen LogP contribution in [0.4, 0.5) is 0 Å². The molecule has 0 spiro atoms. The lowest BCUT2D eigenvalue weighted by Crippen LogP contribution is -3.06. The third kappa shape index (κ3) is 0.269. The highest BCUT2D eigenvalue weighted by molar-refractivity contribution is 5.94. The molecule has 0 aromatic carbocycles.